The molecule has 0 bridgehead atoms. The van der Waals surface area contributed by atoms with E-state index >= 15 is 0 Å². The number of ether oxygens (including phenoxy) is 1. The van der Waals surface area contributed by atoms with Crippen LogP contribution in [0, 0.1) is 5.92 Å². The van der Waals surface area contributed by atoms with Crippen LogP contribution in [0.25, 0.3) is 5.69 Å². The fourth-order valence-electron chi connectivity index (χ4n) is 4.43. The SMILES string of the molecule is Clc1cccc(-n2cc(CN3CCN4[C@@H](COC[C@@H]4C4CC4)C3)cn2)c1. The average Bonchev–Trinajstić information content (AvgIpc) is 3.40. The van der Waals surface area contributed by atoms with Crippen molar-refractivity contribution in [2.75, 3.05) is 32.8 Å². The van der Waals surface area contributed by atoms with Gasteiger partial charge in [-0.3, -0.25) is 9.80 Å². The van der Waals surface area contributed by atoms with Gasteiger partial charge in [0.2, 0.25) is 0 Å². The molecule has 5 nitrogen and oxygen atoms in total. The number of morpholine rings is 1. The molecule has 2 atom stereocenters. The summed E-state index contributed by atoms with van der Waals surface area (Å²) in [5.41, 5.74) is 2.25. The molecule has 3 fully saturated rings. The van der Waals surface area contributed by atoms with E-state index in [0.717, 1.165) is 56.0 Å². The van der Waals surface area contributed by atoms with E-state index in [0.29, 0.717) is 12.1 Å². The molecule has 0 spiro atoms. The maximum Gasteiger partial charge on any atom is 0.0660 e. The third-order valence-corrected chi connectivity index (χ3v) is 6.15. The van der Waals surface area contributed by atoms with Gasteiger partial charge >= 0.3 is 0 Å². The second-order valence-corrected chi connectivity index (χ2v) is 8.28. The average molecular weight is 373 g/mol. The van der Waals surface area contributed by atoms with Crippen LogP contribution in [0.15, 0.2) is 36.7 Å². The fourth-order valence-corrected chi connectivity index (χ4v) is 4.62. The number of aromatic nitrogens is 2. The molecule has 0 radical (unpaired) electrons. The van der Waals surface area contributed by atoms with Crippen LogP contribution in [-0.4, -0.2) is 64.5 Å². The third kappa shape index (κ3) is 3.41. The summed E-state index contributed by atoms with van der Waals surface area (Å²) in [5, 5.41) is 5.25. The Balaban J connectivity index is 1.24. The van der Waals surface area contributed by atoms with Gasteiger partial charge in [0, 0.05) is 55.0 Å². The van der Waals surface area contributed by atoms with Gasteiger partial charge in [-0.05, 0) is 37.0 Å². The molecule has 0 amide bonds. The van der Waals surface area contributed by atoms with Crippen molar-refractivity contribution >= 4 is 11.6 Å². The minimum absolute atomic E-state index is 0.547. The molecule has 0 N–H and O–H groups in total. The monoisotopic (exact) mass is 372 g/mol. The van der Waals surface area contributed by atoms with Crippen molar-refractivity contribution in [3.63, 3.8) is 0 Å². The van der Waals surface area contributed by atoms with Gasteiger partial charge in [-0.25, -0.2) is 4.68 Å². The molecule has 1 saturated carbocycles. The number of halogens is 1. The van der Waals surface area contributed by atoms with Gasteiger partial charge < -0.3 is 4.74 Å². The molecule has 3 aliphatic rings. The maximum atomic E-state index is 6.09. The van der Waals surface area contributed by atoms with Crippen molar-refractivity contribution in [1.29, 1.82) is 0 Å². The van der Waals surface area contributed by atoms with E-state index in [1.165, 1.54) is 18.4 Å². The summed E-state index contributed by atoms with van der Waals surface area (Å²) >= 11 is 6.09. The first-order valence-corrected chi connectivity index (χ1v) is 9.99. The highest BCUT2D eigenvalue weighted by atomic mass is 35.5. The van der Waals surface area contributed by atoms with Crippen LogP contribution in [0.3, 0.4) is 0 Å². The van der Waals surface area contributed by atoms with Crippen molar-refractivity contribution in [3.8, 4) is 5.69 Å². The molecule has 1 aliphatic carbocycles. The minimum Gasteiger partial charge on any atom is -0.378 e. The minimum atomic E-state index is 0.547. The van der Waals surface area contributed by atoms with Crippen LogP contribution in [-0.2, 0) is 11.3 Å². The number of rotatable bonds is 4. The zero-order valence-corrected chi connectivity index (χ0v) is 15.7. The van der Waals surface area contributed by atoms with Gasteiger partial charge in [-0.2, -0.15) is 5.10 Å². The predicted molar refractivity (Wildman–Crippen MR) is 102 cm³/mol. The summed E-state index contributed by atoms with van der Waals surface area (Å²) in [5.74, 6) is 0.889. The number of hydrogen-bond acceptors (Lipinski definition) is 4. The molecular formula is C20H25ClN4O. The lowest BCUT2D eigenvalue weighted by Crippen LogP contribution is -2.62. The largest absolute Gasteiger partial charge is 0.378 e. The van der Waals surface area contributed by atoms with E-state index in [2.05, 4.69) is 21.1 Å². The molecule has 26 heavy (non-hydrogen) atoms. The van der Waals surface area contributed by atoms with Crippen LogP contribution < -0.4 is 0 Å². The lowest BCUT2D eigenvalue weighted by atomic mass is 10.0. The van der Waals surface area contributed by atoms with Gasteiger partial charge in [-0.1, -0.05) is 17.7 Å². The number of piperazine rings is 1. The predicted octanol–water partition coefficient (Wildman–Crippen LogP) is 2.82. The summed E-state index contributed by atoms with van der Waals surface area (Å²) in [7, 11) is 0. The van der Waals surface area contributed by atoms with Gasteiger partial charge in [0.1, 0.15) is 0 Å². The zero-order valence-electron chi connectivity index (χ0n) is 14.9. The second-order valence-electron chi connectivity index (χ2n) is 7.84. The Kier molecular flexibility index (Phi) is 4.49. The molecule has 0 unspecified atom stereocenters. The highest BCUT2D eigenvalue weighted by Crippen LogP contribution is 2.38. The van der Waals surface area contributed by atoms with Crippen molar-refractivity contribution < 1.29 is 4.74 Å². The molecule has 2 saturated heterocycles. The molecule has 1 aromatic heterocycles. The molecule has 1 aromatic carbocycles. The summed E-state index contributed by atoms with van der Waals surface area (Å²) in [6.45, 7) is 6.14. The van der Waals surface area contributed by atoms with E-state index in [1.54, 1.807) is 0 Å². The Morgan fingerprint density at radius 2 is 2.12 bits per heavy atom. The molecular weight excluding hydrogens is 348 g/mol. The molecule has 3 heterocycles. The van der Waals surface area contributed by atoms with Crippen LogP contribution in [0.2, 0.25) is 5.02 Å². The smallest absolute Gasteiger partial charge is 0.0660 e. The maximum absolute atomic E-state index is 6.09. The van der Waals surface area contributed by atoms with Gasteiger partial charge in [0.05, 0.1) is 25.1 Å². The third-order valence-electron chi connectivity index (χ3n) is 5.92. The van der Waals surface area contributed by atoms with Crippen molar-refractivity contribution in [2.24, 2.45) is 5.92 Å². The number of fused-ring (bicyclic) bond motifs is 1. The van der Waals surface area contributed by atoms with E-state index in [9.17, 15) is 0 Å². The van der Waals surface area contributed by atoms with Crippen molar-refractivity contribution in [2.45, 2.75) is 31.5 Å². The van der Waals surface area contributed by atoms with E-state index in [1.807, 2.05) is 35.1 Å². The fraction of sp³-hybridized carbons (Fsp3) is 0.550. The Labute approximate surface area is 159 Å². The van der Waals surface area contributed by atoms with Gasteiger partial charge in [0.15, 0.2) is 0 Å². The van der Waals surface area contributed by atoms with Crippen molar-refractivity contribution in [3.05, 3.63) is 47.2 Å². The Morgan fingerprint density at radius 1 is 1.19 bits per heavy atom. The van der Waals surface area contributed by atoms with Gasteiger partial charge in [0.25, 0.3) is 0 Å². The molecule has 5 rings (SSSR count). The molecule has 2 aliphatic heterocycles. The molecule has 138 valence electrons. The standard InChI is InChI=1S/C20H25ClN4O/c21-17-2-1-3-18(8-17)25-11-15(9-22-25)10-23-6-7-24-19(12-23)13-26-14-20(24)16-4-5-16/h1-3,8-9,11,16,19-20H,4-7,10,12-14H2/t19-,20-/m1/s1. The number of benzene rings is 1. The Morgan fingerprint density at radius 3 is 2.96 bits per heavy atom. The highest BCUT2D eigenvalue weighted by Gasteiger charge is 2.42. The summed E-state index contributed by atoms with van der Waals surface area (Å²) in [6, 6.07) is 9.02. The first kappa shape index (κ1) is 16.8. The molecule has 6 heteroatoms. The first-order valence-electron chi connectivity index (χ1n) is 9.61. The number of nitrogens with zero attached hydrogens (tertiary/aromatic N) is 4. The zero-order chi connectivity index (χ0) is 17.5. The van der Waals surface area contributed by atoms with E-state index in [4.69, 9.17) is 16.3 Å². The Hall–Kier alpha value is -1.40. The van der Waals surface area contributed by atoms with Crippen LogP contribution in [0.5, 0.6) is 0 Å². The van der Waals surface area contributed by atoms with Crippen LogP contribution >= 0.6 is 11.6 Å². The quantitative estimate of drug-likeness (QED) is 0.826. The van der Waals surface area contributed by atoms with Crippen molar-refractivity contribution in [1.82, 2.24) is 19.6 Å². The van der Waals surface area contributed by atoms with E-state index < -0.39 is 0 Å². The van der Waals surface area contributed by atoms with Crippen LogP contribution in [0.1, 0.15) is 18.4 Å². The lowest BCUT2D eigenvalue weighted by Gasteiger charge is -2.48. The second kappa shape index (κ2) is 6.97. The lowest BCUT2D eigenvalue weighted by molar-refractivity contribution is -0.0880. The summed E-state index contributed by atoms with van der Waals surface area (Å²) in [6.07, 6.45) is 6.87. The summed E-state index contributed by atoms with van der Waals surface area (Å²) in [4.78, 5) is 5.27. The first-order chi connectivity index (χ1) is 12.8. The van der Waals surface area contributed by atoms with Gasteiger partial charge in [-0.15, -0.1) is 0 Å². The topological polar surface area (TPSA) is 33.5 Å². The summed E-state index contributed by atoms with van der Waals surface area (Å²) < 4.78 is 7.83. The molecule has 2 aromatic rings. The Bertz CT molecular complexity index is 775. The van der Waals surface area contributed by atoms with E-state index in [-0.39, 0.29) is 0 Å². The van der Waals surface area contributed by atoms with Crippen LogP contribution in [0.4, 0.5) is 0 Å². The normalized spacial score (nSPS) is 27.4. The number of hydrogen-bond donors (Lipinski definition) is 0. The highest BCUT2D eigenvalue weighted by molar-refractivity contribution is 6.30.